The first-order chi connectivity index (χ1) is 16.0. The van der Waals surface area contributed by atoms with Gasteiger partial charge in [-0.15, -0.1) is 0 Å². The van der Waals surface area contributed by atoms with E-state index in [1.807, 2.05) is 31.2 Å². The zero-order chi connectivity index (χ0) is 23.5. The Morgan fingerprint density at radius 3 is 2.27 bits per heavy atom. The maximum absolute atomic E-state index is 13.3. The van der Waals surface area contributed by atoms with E-state index in [1.54, 1.807) is 23.1 Å². The van der Waals surface area contributed by atoms with Gasteiger partial charge in [0.25, 0.3) is 11.7 Å². The summed E-state index contributed by atoms with van der Waals surface area (Å²) in [5, 5.41) is 11.4. The highest BCUT2D eigenvalue weighted by molar-refractivity contribution is 6.46. The van der Waals surface area contributed by atoms with Crippen molar-refractivity contribution in [2.45, 2.75) is 44.7 Å². The summed E-state index contributed by atoms with van der Waals surface area (Å²) in [6.07, 6.45) is 3.69. The molecule has 1 saturated carbocycles. The summed E-state index contributed by atoms with van der Waals surface area (Å²) in [5.41, 5.74) is 1.10. The van der Waals surface area contributed by atoms with Crippen LogP contribution in [0.3, 0.4) is 0 Å². The number of ketones is 1. The van der Waals surface area contributed by atoms with E-state index in [2.05, 4.69) is 0 Å². The number of likely N-dealkylation sites (tertiary alicyclic amines) is 1. The van der Waals surface area contributed by atoms with Crippen molar-refractivity contribution in [3.63, 3.8) is 0 Å². The van der Waals surface area contributed by atoms with Gasteiger partial charge in [0, 0.05) is 6.04 Å². The summed E-state index contributed by atoms with van der Waals surface area (Å²) in [5.74, 6) is 0.0372. The van der Waals surface area contributed by atoms with Crippen LogP contribution in [0.1, 0.15) is 49.8 Å². The minimum atomic E-state index is -0.695. The number of carbonyl (C=O) groups excluding carboxylic acids is 2. The normalized spacial score (nSPS) is 20.3. The monoisotopic (exact) mass is 451 g/mol. The van der Waals surface area contributed by atoms with Crippen LogP contribution in [0.15, 0.2) is 48.0 Å². The number of carbonyl (C=O) groups is 2. The number of amides is 1. The van der Waals surface area contributed by atoms with Gasteiger partial charge in [-0.25, -0.2) is 0 Å². The predicted octanol–water partition coefficient (Wildman–Crippen LogP) is 4.47. The van der Waals surface area contributed by atoms with E-state index in [1.165, 1.54) is 14.2 Å². The van der Waals surface area contributed by atoms with Gasteiger partial charge in [-0.2, -0.15) is 0 Å². The lowest BCUT2D eigenvalue weighted by molar-refractivity contribution is -0.141. The maximum atomic E-state index is 13.3. The molecule has 2 aliphatic rings. The van der Waals surface area contributed by atoms with Crippen molar-refractivity contribution in [2.24, 2.45) is 0 Å². The van der Waals surface area contributed by atoms with Gasteiger partial charge in [-0.3, -0.25) is 9.59 Å². The number of hydrogen-bond donors (Lipinski definition) is 1. The molecule has 0 radical (unpaired) electrons. The van der Waals surface area contributed by atoms with Crippen molar-refractivity contribution in [3.05, 3.63) is 59.2 Å². The molecule has 0 bridgehead atoms. The van der Waals surface area contributed by atoms with Crippen LogP contribution in [0, 0.1) is 0 Å². The Labute approximate surface area is 193 Å². The summed E-state index contributed by atoms with van der Waals surface area (Å²) in [4.78, 5) is 28.2. The van der Waals surface area contributed by atoms with Gasteiger partial charge in [0.15, 0.2) is 0 Å². The average Bonchev–Trinajstić information content (AvgIpc) is 3.45. The second-order valence-electron chi connectivity index (χ2n) is 8.21. The molecule has 4 rings (SSSR count). The molecule has 0 aromatic heterocycles. The smallest absolute Gasteiger partial charge is 0.295 e. The standard InChI is InChI=1S/C26H29NO6/c1-4-33-18-11-9-16(10-12-18)23-22(25(29)26(30)27(23)17-7-5-6-8-17)24(28)20-15-19(31-2)13-14-21(20)32-3/h9-15,17,23,28H,4-8H2,1-3H3/b24-22+. The van der Waals surface area contributed by atoms with Gasteiger partial charge in [0.05, 0.1) is 38.0 Å². The number of aliphatic hydroxyl groups is 1. The minimum Gasteiger partial charge on any atom is -0.507 e. The summed E-state index contributed by atoms with van der Waals surface area (Å²) in [7, 11) is 3.00. The maximum Gasteiger partial charge on any atom is 0.295 e. The third-order valence-electron chi connectivity index (χ3n) is 6.37. The summed E-state index contributed by atoms with van der Waals surface area (Å²) >= 11 is 0. The van der Waals surface area contributed by atoms with E-state index >= 15 is 0 Å². The Hall–Kier alpha value is -3.48. The molecule has 2 fully saturated rings. The number of aliphatic hydroxyl groups excluding tert-OH is 1. The third kappa shape index (κ3) is 4.15. The number of ether oxygens (including phenoxy) is 3. The molecule has 1 N–H and O–H groups in total. The molecule has 1 amide bonds. The minimum absolute atomic E-state index is 0.0458. The van der Waals surface area contributed by atoms with Crippen LogP contribution in [0.4, 0.5) is 0 Å². The topological polar surface area (TPSA) is 85.3 Å². The Kier molecular flexibility index (Phi) is 6.58. The van der Waals surface area contributed by atoms with E-state index in [0.29, 0.717) is 29.4 Å². The molecule has 33 heavy (non-hydrogen) atoms. The fourth-order valence-corrected chi connectivity index (χ4v) is 4.79. The van der Waals surface area contributed by atoms with Gasteiger partial charge < -0.3 is 24.2 Å². The van der Waals surface area contributed by atoms with Gasteiger partial charge in [0.1, 0.15) is 23.0 Å². The fraction of sp³-hybridized carbons (Fsp3) is 0.385. The van der Waals surface area contributed by atoms with Crippen molar-refractivity contribution in [1.82, 2.24) is 4.90 Å². The number of Topliss-reactive ketones (excluding diaryl/α,β-unsaturated/α-hetero) is 1. The molecule has 0 spiro atoms. The van der Waals surface area contributed by atoms with E-state index in [-0.39, 0.29) is 17.4 Å². The Morgan fingerprint density at radius 2 is 1.67 bits per heavy atom. The van der Waals surface area contributed by atoms with Crippen LogP contribution >= 0.6 is 0 Å². The summed E-state index contributed by atoms with van der Waals surface area (Å²) < 4.78 is 16.3. The van der Waals surface area contributed by atoms with Crippen molar-refractivity contribution in [1.29, 1.82) is 0 Å². The van der Waals surface area contributed by atoms with E-state index in [9.17, 15) is 14.7 Å². The quantitative estimate of drug-likeness (QED) is 0.380. The van der Waals surface area contributed by atoms with Crippen LogP contribution in [0.25, 0.3) is 5.76 Å². The van der Waals surface area contributed by atoms with Crippen LogP contribution in [0.2, 0.25) is 0 Å². The first-order valence-corrected chi connectivity index (χ1v) is 11.2. The van der Waals surface area contributed by atoms with Crippen molar-refractivity contribution in [3.8, 4) is 17.2 Å². The third-order valence-corrected chi connectivity index (χ3v) is 6.37. The fourth-order valence-electron chi connectivity index (χ4n) is 4.79. The lowest BCUT2D eigenvalue weighted by Gasteiger charge is -2.31. The predicted molar refractivity (Wildman–Crippen MR) is 124 cm³/mol. The lowest BCUT2D eigenvalue weighted by Crippen LogP contribution is -2.37. The summed E-state index contributed by atoms with van der Waals surface area (Å²) in [6.45, 7) is 2.44. The molecule has 2 aromatic rings. The number of rotatable bonds is 7. The molecular formula is C26H29NO6. The molecule has 7 nitrogen and oxygen atoms in total. The number of nitrogens with zero attached hydrogens (tertiary/aromatic N) is 1. The van der Waals surface area contributed by atoms with Crippen LogP contribution in [-0.4, -0.2) is 48.6 Å². The molecule has 1 unspecified atom stereocenters. The zero-order valence-electron chi connectivity index (χ0n) is 19.2. The highest BCUT2D eigenvalue weighted by Crippen LogP contribution is 2.45. The Morgan fingerprint density at radius 1 is 1.00 bits per heavy atom. The van der Waals surface area contributed by atoms with Crippen molar-refractivity contribution >= 4 is 17.4 Å². The number of methoxy groups -OCH3 is 2. The first-order valence-electron chi connectivity index (χ1n) is 11.2. The van der Waals surface area contributed by atoms with Crippen molar-refractivity contribution < 1.29 is 28.9 Å². The van der Waals surface area contributed by atoms with E-state index < -0.39 is 17.7 Å². The molecule has 1 aliphatic carbocycles. The molecule has 174 valence electrons. The average molecular weight is 452 g/mol. The van der Waals surface area contributed by atoms with Crippen LogP contribution < -0.4 is 14.2 Å². The van der Waals surface area contributed by atoms with Crippen LogP contribution in [-0.2, 0) is 9.59 Å². The van der Waals surface area contributed by atoms with E-state index in [0.717, 1.165) is 31.2 Å². The molecule has 1 atom stereocenters. The highest BCUT2D eigenvalue weighted by atomic mass is 16.5. The lowest BCUT2D eigenvalue weighted by atomic mass is 9.94. The molecule has 2 aromatic carbocycles. The highest BCUT2D eigenvalue weighted by Gasteiger charge is 2.49. The second-order valence-corrected chi connectivity index (χ2v) is 8.21. The van der Waals surface area contributed by atoms with Gasteiger partial charge in [0.2, 0.25) is 0 Å². The van der Waals surface area contributed by atoms with Gasteiger partial charge in [-0.1, -0.05) is 25.0 Å². The summed E-state index contributed by atoms with van der Waals surface area (Å²) in [6, 6.07) is 11.6. The van der Waals surface area contributed by atoms with Crippen LogP contribution in [0.5, 0.6) is 17.2 Å². The van der Waals surface area contributed by atoms with E-state index in [4.69, 9.17) is 14.2 Å². The molecular weight excluding hydrogens is 422 g/mol. The molecule has 7 heteroatoms. The largest absolute Gasteiger partial charge is 0.507 e. The van der Waals surface area contributed by atoms with Gasteiger partial charge in [-0.05, 0) is 55.7 Å². The Bertz CT molecular complexity index is 1070. The number of hydrogen-bond acceptors (Lipinski definition) is 6. The second kappa shape index (κ2) is 9.57. The van der Waals surface area contributed by atoms with Crippen molar-refractivity contribution in [2.75, 3.05) is 20.8 Å². The molecule has 1 saturated heterocycles. The number of benzene rings is 2. The first kappa shape index (κ1) is 22.7. The zero-order valence-corrected chi connectivity index (χ0v) is 19.2. The SMILES string of the molecule is CCOc1ccc(C2/C(=C(\O)c3cc(OC)ccc3OC)C(=O)C(=O)N2C2CCCC2)cc1. The molecule has 1 heterocycles. The van der Waals surface area contributed by atoms with Gasteiger partial charge >= 0.3 is 0 Å². The Balaban J connectivity index is 1.89. The molecule has 1 aliphatic heterocycles.